The summed E-state index contributed by atoms with van der Waals surface area (Å²) in [7, 11) is 1.33. The van der Waals surface area contributed by atoms with E-state index in [1.165, 1.54) is 19.5 Å². The van der Waals surface area contributed by atoms with Gasteiger partial charge in [0.1, 0.15) is 11.7 Å². The molecule has 0 amide bonds. The number of alkyl halides is 2. The predicted octanol–water partition coefficient (Wildman–Crippen LogP) is 0.750. The molecule has 0 aromatic carbocycles. The molecule has 72 valence electrons. The molecule has 0 radical (unpaired) electrons. The molecule has 6 heteroatoms. The lowest BCUT2D eigenvalue weighted by atomic mass is 10.2. The molecule has 1 heterocycles. The number of ether oxygens (including phenoxy) is 1. The van der Waals surface area contributed by atoms with Gasteiger partial charge in [0.25, 0.3) is 6.43 Å². The van der Waals surface area contributed by atoms with Gasteiger partial charge in [-0.1, -0.05) is 0 Å². The van der Waals surface area contributed by atoms with Gasteiger partial charge in [-0.25, -0.2) is 13.8 Å². The summed E-state index contributed by atoms with van der Waals surface area (Å²) < 4.78 is 29.1. The maximum Gasteiger partial charge on any atom is 0.259 e. The van der Waals surface area contributed by atoms with E-state index >= 15 is 0 Å². The molecule has 0 fully saturated rings. The van der Waals surface area contributed by atoms with Crippen LogP contribution in [0.5, 0.6) is 5.88 Å². The molecule has 0 bridgehead atoms. The smallest absolute Gasteiger partial charge is 0.259 e. The fraction of sp³-hybridized carbons (Fsp3) is 0.429. The number of hydrogen-bond acceptors (Lipinski definition) is 4. The summed E-state index contributed by atoms with van der Waals surface area (Å²) in [6, 6.07) is -1.45. The van der Waals surface area contributed by atoms with E-state index in [9.17, 15) is 8.78 Å². The first kappa shape index (κ1) is 9.79. The highest BCUT2D eigenvalue weighted by Gasteiger charge is 2.23. The number of rotatable bonds is 3. The molecule has 0 saturated carbocycles. The summed E-state index contributed by atoms with van der Waals surface area (Å²) in [6.07, 6.45) is -0.0359. The van der Waals surface area contributed by atoms with Crippen molar-refractivity contribution in [2.45, 2.75) is 12.5 Å². The second-order valence-electron chi connectivity index (χ2n) is 2.31. The summed E-state index contributed by atoms with van der Waals surface area (Å²) in [5.41, 5.74) is 5.15. The van der Waals surface area contributed by atoms with Crippen molar-refractivity contribution in [3.05, 3.63) is 18.1 Å². The van der Waals surface area contributed by atoms with E-state index in [1.54, 1.807) is 0 Å². The maximum atomic E-state index is 12.2. The van der Waals surface area contributed by atoms with Crippen LogP contribution in [-0.4, -0.2) is 23.5 Å². The first-order chi connectivity index (χ1) is 6.16. The Labute approximate surface area is 73.8 Å². The number of nitrogens with zero attached hydrogens (tertiary/aromatic N) is 2. The van der Waals surface area contributed by atoms with Gasteiger partial charge >= 0.3 is 0 Å². The Morgan fingerprint density at radius 2 is 2.00 bits per heavy atom. The molecule has 1 aromatic heterocycles. The molecule has 0 aliphatic carbocycles. The van der Waals surface area contributed by atoms with Gasteiger partial charge in [0.15, 0.2) is 0 Å². The molecule has 1 unspecified atom stereocenters. The average Bonchev–Trinajstić information content (AvgIpc) is 2.16. The van der Waals surface area contributed by atoms with Crippen molar-refractivity contribution in [2.24, 2.45) is 5.73 Å². The first-order valence-corrected chi connectivity index (χ1v) is 3.55. The number of methoxy groups -OCH3 is 1. The van der Waals surface area contributed by atoms with Crippen molar-refractivity contribution in [1.82, 2.24) is 9.97 Å². The Bertz CT molecular complexity index is 282. The van der Waals surface area contributed by atoms with Gasteiger partial charge in [-0.05, 0) is 0 Å². The van der Waals surface area contributed by atoms with Crippen molar-refractivity contribution in [1.29, 1.82) is 0 Å². The number of hydrogen-bond donors (Lipinski definition) is 1. The van der Waals surface area contributed by atoms with E-state index in [0.29, 0.717) is 0 Å². The molecular weight excluding hydrogens is 180 g/mol. The molecule has 0 aliphatic heterocycles. The Balaban J connectivity index is 2.98. The third-order valence-corrected chi connectivity index (χ3v) is 1.47. The lowest BCUT2D eigenvalue weighted by molar-refractivity contribution is 0.113. The van der Waals surface area contributed by atoms with E-state index < -0.39 is 12.5 Å². The zero-order valence-corrected chi connectivity index (χ0v) is 6.95. The van der Waals surface area contributed by atoms with Gasteiger partial charge < -0.3 is 10.5 Å². The summed E-state index contributed by atoms with van der Waals surface area (Å²) in [6.45, 7) is 0. The second kappa shape index (κ2) is 4.08. The lowest BCUT2D eigenvalue weighted by Gasteiger charge is -2.11. The lowest BCUT2D eigenvalue weighted by Crippen LogP contribution is -2.21. The highest BCUT2D eigenvalue weighted by atomic mass is 19.3. The van der Waals surface area contributed by atoms with Gasteiger partial charge in [0.2, 0.25) is 5.88 Å². The normalized spacial score (nSPS) is 13.0. The molecule has 1 rings (SSSR count). The van der Waals surface area contributed by atoms with Crippen LogP contribution >= 0.6 is 0 Å². The molecule has 0 spiro atoms. The molecular formula is C7H9F2N3O. The van der Waals surface area contributed by atoms with Crippen LogP contribution in [0, 0.1) is 0 Å². The Morgan fingerprint density at radius 1 is 1.38 bits per heavy atom. The van der Waals surface area contributed by atoms with Gasteiger partial charge in [0.05, 0.1) is 7.11 Å². The quantitative estimate of drug-likeness (QED) is 0.762. The largest absolute Gasteiger partial charge is 0.480 e. The van der Waals surface area contributed by atoms with Crippen LogP contribution in [0.2, 0.25) is 0 Å². The van der Waals surface area contributed by atoms with Crippen LogP contribution in [-0.2, 0) is 0 Å². The minimum absolute atomic E-state index is 0.0278. The van der Waals surface area contributed by atoms with Crippen LogP contribution < -0.4 is 10.5 Å². The van der Waals surface area contributed by atoms with Crippen LogP contribution in [0.4, 0.5) is 8.78 Å². The molecule has 0 saturated heterocycles. The second-order valence-corrected chi connectivity index (χ2v) is 2.31. The zero-order valence-electron chi connectivity index (χ0n) is 6.95. The minimum atomic E-state index is -2.68. The highest BCUT2D eigenvalue weighted by Crippen LogP contribution is 2.22. The van der Waals surface area contributed by atoms with Crippen molar-refractivity contribution in [3.8, 4) is 5.88 Å². The predicted molar refractivity (Wildman–Crippen MR) is 41.5 cm³/mol. The van der Waals surface area contributed by atoms with Gasteiger partial charge in [-0.2, -0.15) is 0 Å². The monoisotopic (exact) mass is 189 g/mol. The van der Waals surface area contributed by atoms with E-state index in [4.69, 9.17) is 10.5 Å². The van der Waals surface area contributed by atoms with Crippen molar-refractivity contribution >= 4 is 0 Å². The number of aromatic nitrogens is 2. The van der Waals surface area contributed by atoms with Gasteiger partial charge in [0, 0.05) is 12.4 Å². The van der Waals surface area contributed by atoms with E-state index in [2.05, 4.69) is 9.97 Å². The zero-order chi connectivity index (χ0) is 9.84. The van der Waals surface area contributed by atoms with Crippen molar-refractivity contribution in [3.63, 3.8) is 0 Å². The average molecular weight is 189 g/mol. The van der Waals surface area contributed by atoms with Crippen LogP contribution in [0.3, 0.4) is 0 Å². The highest BCUT2D eigenvalue weighted by molar-refractivity contribution is 5.21. The summed E-state index contributed by atoms with van der Waals surface area (Å²) >= 11 is 0. The SMILES string of the molecule is COc1nccnc1C(N)C(F)F. The summed E-state index contributed by atoms with van der Waals surface area (Å²) in [4.78, 5) is 7.38. The molecule has 1 aromatic rings. The van der Waals surface area contributed by atoms with Crippen LogP contribution in [0.25, 0.3) is 0 Å². The van der Waals surface area contributed by atoms with Crippen LogP contribution in [0.15, 0.2) is 12.4 Å². The van der Waals surface area contributed by atoms with E-state index in [-0.39, 0.29) is 11.6 Å². The first-order valence-electron chi connectivity index (χ1n) is 3.55. The molecule has 2 N–H and O–H groups in total. The van der Waals surface area contributed by atoms with Gasteiger partial charge in [-0.15, -0.1) is 0 Å². The topological polar surface area (TPSA) is 61.0 Å². The third-order valence-electron chi connectivity index (χ3n) is 1.47. The van der Waals surface area contributed by atoms with Crippen LogP contribution in [0.1, 0.15) is 11.7 Å². The molecule has 0 aliphatic rings. The fourth-order valence-electron chi connectivity index (χ4n) is 0.841. The van der Waals surface area contributed by atoms with Crippen molar-refractivity contribution < 1.29 is 13.5 Å². The van der Waals surface area contributed by atoms with E-state index in [1.807, 2.05) is 0 Å². The number of nitrogens with two attached hydrogens (primary N) is 1. The summed E-state index contributed by atoms with van der Waals surface area (Å²) in [5, 5.41) is 0. The minimum Gasteiger partial charge on any atom is -0.480 e. The Morgan fingerprint density at radius 3 is 2.54 bits per heavy atom. The summed E-state index contributed by atoms with van der Waals surface area (Å²) in [5.74, 6) is 0.0373. The fourth-order valence-corrected chi connectivity index (χ4v) is 0.841. The standard InChI is InChI=1S/C7H9F2N3O/c1-13-7-5(4(10)6(8)9)11-2-3-12-7/h2-4,6H,10H2,1H3. The maximum absolute atomic E-state index is 12.2. The number of halogens is 2. The molecule has 1 atom stereocenters. The Hall–Kier alpha value is -1.30. The Kier molecular flexibility index (Phi) is 3.07. The third kappa shape index (κ3) is 2.09. The van der Waals surface area contributed by atoms with E-state index in [0.717, 1.165) is 0 Å². The molecule has 4 nitrogen and oxygen atoms in total. The van der Waals surface area contributed by atoms with Gasteiger partial charge in [-0.3, -0.25) is 4.98 Å². The van der Waals surface area contributed by atoms with Crippen molar-refractivity contribution in [2.75, 3.05) is 7.11 Å². The molecule has 13 heavy (non-hydrogen) atoms.